The molecule has 5 heteroatoms. The zero-order valence-electron chi connectivity index (χ0n) is 12.8. The standard InChI is InChI=1S/C19H14FN3O/c1-3-12-6-5-7-15(13(12)4-2)19-16(10-18(24)22-23-19)14-8-9-21-11-17(14)20/h3-11H,1-2H2,(H,22,24). The van der Waals surface area contributed by atoms with Crippen molar-refractivity contribution in [2.24, 2.45) is 0 Å². The third-order valence-electron chi connectivity index (χ3n) is 3.69. The Hall–Kier alpha value is -3.34. The van der Waals surface area contributed by atoms with E-state index in [1.165, 1.54) is 18.3 Å². The fourth-order valence-corrected chi connectivity index (χ4v) is 2.60. The first-order valence-electron chi connectivity index (χ1n) is 7.23. The average Bonchev–Trinajstić information content (AvgIpc) is 2.61. The maximum absolute atomic E-state index is 14.2. The van der Waals surface area contributed by atoms with Crippen molar-refractivity contribution in [2.45, 2.75) is 0 Å². The van der Waals surface area contributed by atoms with Crippen LogP contribution in [0, 0.1) is 5.82 Å². The number of rotatable bonds is 4. The van der Waals surface area contributed by atoms with Crippen LogP contribution in [-0.4, -0.2) is 15.2 Å². The molecule has 0 bridgehead atoms. The number of hydrogen-bond acceptors (Lipinski definition) is 3. The highest BCUT2D eigenvalue weighted by atomic mass is 19.1. The summed E-state index contributed by atoms with van der Waals surface area (Å²) in [5, 5.41) is 6.56. The maximum Gasteiger partial charge on any atom is 0.264 e. The summed E-state index contributed by atoms with van der Waals surface area (Å²) in [5.74, 6) is -0.522. The Labute approximate surface area is 138 Å². The molecule has 2 heterocycles. The van der Waals surface area contributed by atoms with Crippen molar-refractivity contribution in [1.29, 1.82) is 0 Å². The third kappa shape index (κ3) is 2.67. The van der Waals surface area contributed by atoms with Gasteiger partial charge >= 0.3 is 0 Å². The number of H-pyrrole nitrogens is 1. The summed E-state index contributed by atoms with van der Waals surface area (Å²) in [5.41, 5.74) is 3.10. The van der Waals surface area contributed by atoms with Gasteiger partial charge in [-0.2, -0.15) is 5.10 Å². The van der Waals surface area contributed by atoms with E-state index in [2.05, 4.69) is 28.3 Å². The smallest absolute Gasteiger partial charge is 0.264 e. The molecule has 0 atom stereocenters. The lowest BCUT2D eigenvalue weighted by atomic mass is 9.94. The van der Waals surface area contributed by atoms with E-state index in [1.807, 2.05) is 18.2 Å². The molecule has 0 saturated carbocycles. The molecule has 0 aliphatic carbocycles. The number of nitrogens with one attached hydrogen (secondary N) is 1. The van der Waals surface area contributed by atoms with Gasteiger partial charge < -0.3 is 0 Å². The first-order chi connectivity index (χ1) is 11.7. The fourth-order valence-electron chi connectivity index (χ4n) is 2.60. The van der Waals surface area contributed by atoms with E-state index in [4.69, 9.17) is 0 Å². The molecule has 3 rings (SSSR count). The molecule has 0 aliphatic heterocycles. The first-order valence-corrected chi connectivity index (χ1v) is 7.23. The lowest BCUT2D eigenvalue weighted by Crippen LogP contribution is -2.09. The van der Waals surface area contributed by atoms with Crippen molar-refractivity contribution in [3.05, 3.63) is 83.2 Å². The Morgan fingerprint density at radius 1 is 1.08 bits per heavy atom. The second-order valence-electron chi connectivity index (χ2n) is 5.07. The normalized spacial score (nSPS) is 10.4. The Bertz CT molecular complexity index is 992. The number of nitrogens with zero attached hydrogens (tertiary/aromatic N) is 2. The van der Waals surface area contributed by atoms with Gasteiger partial charge in [0.05, 0.1) is 11.9 Å². The van der Waals surface area contributed by atoms with Crippen molar-refractivity contribution in [2.75, 3.05) is 0 Å². The molecule has 0 unspecified atom stereocenters. The van der Waals surface area contributed by atoms with Crippen molar-refractivity contribution < 1.29 is 4.39 Å². The van der Waals surface area contributed by atoms with E-state index in [1.54, 1.807) is 12.2 Å². The van der Waals surface area contributed by atoms with E-state index >= 15 is 0 Å². The summed E-state index contributed by atoms with van der Waals surface area (Å²) in [4.78, 5) is 15.5. The maximum atomic E-state index is 14.2. The SMILES string of the molecule is C=Cc1cccc(-c2n[nH]c(=O)cc2-c2ccncc2F)c1C=C. The number of pyridine rings is 1. The number of halogens is 1. The third-order valence-corrected chi connectivity index (χ3v) is 3.69. The fraction of sp³-hybridized carbons (Fsp3) is 0. The van der Waals surface area contributed by atoms with Gasteiger partial charge in [-0.15, -0.1) is 0 Å². The van der Waals surface area contributed by atoms with Crippen LogP contribution >= 0.6 is 0 Å². The first kappa shape index (κ1) is 15.6. The highest BCUT2D eigenvalue weighted by molar-refractivity contribution is 5.87. The van der Waals surface area contributed by atoms with Crippen LogP contribution in [0.4, 0.5) is 4.39 Å². The average molecular weight is 319 g/mol. The molecule has 4 nitrogen and oxygen atoms in total. The molecular weight excluding hydrogens is 305 g/mol. The molecule has 0 amide bonds. The highest BCUT2D eigenvalue weighted by Crippen LogP contribution is 2.34. The quantitative estimate of drug-likeness (QED) is 0.793. The minimum Gasteiger partial charge on any atom is -0.268 e. The van der Waals surface area contributed by atoms with Crippen molar-refractivity contribution in [3.63, 3.8) is 0 Å². The molecule has 0 aliphatic rings. The lowest BCUT2D eigenvalue weighted by molar-refractivity contribution is 0.625. The molecule has 0 radical (unpaired) electrons. The van der Waals surface area contributed by atoms with Gasteiger partial charge in [-0.1, -0.05) is 43.5 Å². The van der Waals surface area contributed by atoms with Crippen LogP contribution in [0.2, 0.25) is 0 Å². The Kier molecular flexibility index (Phi) is 4.16. The molecule has 0 fully saturated rings. The molecule has 1 N–H and O–H groups in total. The zero-order valence-corrected chi connectivity index (χ0v) is 12.8. The van der Waals surface area contributed by atoms with Crippen LogP contribution in [0.5, 0.6) is 0 Å². The van der Waals surface area contributed by atoms with Crippen LogP contribution in [0.1, 0.15) is 11.1 Å². The van der Waals surface area contributed by atoms with E-state index in [0.29, 0.717) is 11.3 Å². The molecule has 118 valence electrons. The monoisotopic (exact) mass is 319 g/mol. The summed E-state index contributed by atoms with van der Waals surface area (Å²) >= 11 is 0. The van der Waals surface area contributed by atoms with E-state index < -0.39 is 11.4 Å². The Morgan fingerprint density at radius 2 is 1.92 bits per heavy atom. The molecular formula is C19H14FN3O. The van der Waals surface area contributed by atoms with Crippen molar-refractivity contribution in [1.82, 2.24) is 15.2 Å². The molecule has 2 aromatic heterocycles. The molecule has 24 heavy (non-hydrogen) atoms. The number of aromatic nitrogens is 3. The largest absolute Gasteiger partial charge is 0.268 e. The van der Waals surface area contributed by atoms with Crippen LogP contribution in [0.15, 0.2) is 60.7 Å². The number of aromatic amines is 1. The topological polar surface area (TPSA) is 58.6 Å². The summed E-state index contributed by atoms with van der Waals surface area (Å²) < 4.78 is 14.2. The predicted molar refractivity (Wildman–Crippen MR) is 93.7 cm³/mol. The summed E-state index contributed by atoms with van der Waals surface area (Å²) in [7, 11) is 0. The van der Waals surface area contributed by atoms with E-state index in [9.17, 15) is 9.18 Å². The zero-order chi connectivity index (χ0) is 17.1. The minimum absolute atomic E-state index is 0.262. The molecule has 3 aromatic rings. The molecule has 0 saturated heterocycles. The Morgan fingerprint density at radius 3 is 2.62 bits per heavy atom. The van der Waals surface area contributed by atoms with Gasteiger partial charge in [0.2, 0.25) is 0 Å². The summed E-state index contributed by atoms with van der Waals surface area (Å²) in [6.45, 7) is 7.62. The molecule has 1 aromatic carbocycles. The van der Waals surface area contributed by atoms with Crippen LogP contribution < -0.4 is 5.56 Å². The van der Waals surface area contributed by atoms with Crippen LogP contribution in [0.25, 0.3) is 34.5 Å². The van der Waals surface area contributed by atoms with Gasteiger partial charge in [-0.25, -0.2) is 9.49 Å². The Balaban J connectivity index is 2.36. The van der Waals surface area contributed by atoms with Gasteiger partial charge in [-0.3, -0.25) is 9.78 Å². The van der Waals surface area contributed by atoms with Gasteiger partial charge in [0.15, 0.2) is 0 Å². The van der Waals surface area contributed by atoms with Gasteiger partial charge in [0.25, 0.3) is 5.56 Å². The van der Waals surface area contributed by atoms with Crippen LogP contribution in [-0.2, 0) is 0 Å². The summed E-state index contributed by atoms with van der Waals surface area (Å²) in [6.07, 6.45) is 5.97. The predicted octanol–water partition coefficient (Wildman–Crippen LogP) is 3.92. The van der Waals surface area contributed by atoms with E-state index in [-0.39, 0.29) is 5.56 Å². The van der Waals surface area contributed by atoms with Gasteiger partial charge in [-0.05, 0) is 17.2 Å². The van der Waals surface area contributed by atoms with Gasteiger partial charge in [0.1, 0.15) is 5.82 Å². The lowest BCUT2D eigenvalue weighted by Gasteiger charge is -2.13. The van der Waals surface area contributed by atoms with Crippen molar-refractivity contribution >= 4 is 12.2 Å². The second kappa shape index (κ2) is 6.42. The summed E-state index contributed by atoms with van der Waals surface area (Å²) in [6, 6.07) is 8.42. The molecule has 0 spiro atoms. The minimum atomic E-state index is -0.522. The highest BCUT2D eigenvalue weighted by Gasteiger charge is 2.16. The van der Waals surface area contributed by atoms with Crippen LogP contribution in [0.3, 0.4) is 0 Å². The van der Waals surface area contributed by atoms with Crippen molar-refractivity contribution in [3.8, 4) is 22.4 Å². The second-order valence-corrected chi connectivity index (χ2v) is 5.07. The van der Waals surface area contributed by atoms with E-state index in [0.717, 1.165) is 22.9 Å². The number of benzene rings is 1. The number of hydrogen-bond donors (Lipinski definition) is 1. The van der Waals surface area contributed by atoms with Gasteiger partial charge in [0, 0.05) is 29.0 Å².